The van der Waals surface area contributed by atoms with Crippen LogP contribution in [0.5, 0.6) is 0 Å². The maximum absolute atomic E-state index is 12.0. The molecule has 8 heteroatoms. The van der Waals surface area contributed by atoms with Crippen LogP contribution >= 0.6 is 0 Å². The first-order valence-corrected chi connectivity index (χ1v) is 7.46. The number of nitrogens with one attached hydrogen (secondary N) is 1. The van der Waals surface area contributed by atoms with Crippen LogP contribution in [-0.2, 0) is 11.3 Å². The Morgan fingerprint density at radius 1 is 1.46 bits per heavy atom. The number of carbonyl (C=O) groups is 1. The molecule has 1 N–H and O–H groups in total. The first kappa shape index (κ1) is 17.1. The fourth-order valence-corrected chi connectivity index (χ4v) is 2.21. The minimum Gasteiger partial charge on any atom is -0.350 e. The molecule has 1 aromatic carbocycles. The molecule has 0 aliphatic carbocycles. The van der Waals surface area contributed by atoms with Crippen molar-refractivity contribution in [3.05, 3.63) is 57.9 Å². The highest BCUT2D eigenvalue weighted by Gasteiger charge is 2.11. The van der Waals surface area contributed by atoms with Gasteiger partial charge >= 0.3 is 5.69 Å². The van der Waals surface area contributed by atoms with Gasteiger partial charge in [0.15, 0.2) is 0 Å². The number of amides is 1. The molecule has 8 nitrogen and oxygen atoms in total. The fourth-order valence-electron chi connectivity index (χ4n) is 2.21. The number of nitrogens with zero attached hydrogens (tertiary/aromatic N) is 4. The second kappa shape index (κ2) is 7.87. The summed E-state index contributed by atoms with van der Waals surface area (Å²) in [5, 5.41) is 26.1. The molecule has 1 heterocycles. The zero-order chi connectivity index (χ0) is 17.5. The molecular formula is C16H17N5O3. The molecule has 0 radical (unpaired) electrons. The molecule has 1 atom stereocenters. The van der Waals surface area contributed by atoms with Gasteiger partial charge in [0.2, 0.25) is 5.91 Å². The first-order chi connectivity index (χ1) is 11.5. The number of carbonyl (C=O) groups excluding carboxylic acids is 1. The van der Waals surface area contributed by atoms with E-state index in [2.05, 4.69) is 10.4 Å². The Balaban J connectivity index is 1.77. The minimum absolute atomic E-state index is 0.0612. The van der Waals surface area contributed by atoms with Crippen LogP contribution in [0.25, 0.3) is 0 Å². The van der Waals surface area contributed by atoms with Crippen LogP contribution in [0.3, 0.4) is 0 Å². The van der Waals surface area contributed by atoms with Crippen molar-refractivity contribution in [2.45, 2.75) is 32.4 Å². The Hall–Kier alpha value is -3.21. The Kier molecular flexibility index (Phi) is 5.63. The quantitative estimate of drug-likeness (QED) is 0.619. The van der Waals surface area contributed by atoms with Gasteiger partial charge in [-0.1, -0.05) is 12.1 Å². The zero-order valence-electron chi connectivity index (χ0n) is 13.2. The average Bonchev–Trinajstić information content (AvgIpc) is 3.04. The second-order valence-electron chi connectivity index (χ2n) is 5.35. The lowest BCUT2D eigenvalue weighted by atomic mass is 10.1. The van der Waals surface area contributed by atoms with Crippen LogP contribution in [0.15, 0.2) is 36.7 Å². The van der Waals surface area contributed by atoms with E-state index >= 15 is 0 Å². The maximum Gasteiger partial charge on any atom is 0.306 e. The lowest BCUT2D eigenvalue weighted by molar-refractivity contribution is -0.385. The van der Waals surface area contributed by atoms with Crippen molar-refractivity contribution < 1.29 is 9.72 Å². The average molecular weight is 327 g/mol. The number of nitro groups is 1. The lowest BCUT2D eigenvalue weighted by Crippen LogP contribution is -2.26. The highest BCUT2D eigenvalue weighted by atomic mass is 16.6. The van der Waals surface area contributed by atoms with Crippen LogP contribution in [0, 0.1) is 21.4 Å². The molecule has 124 valence electrons. The second-order valence-corrected chi connectivity index (χ2v) is 5.35. The highest BCUT2D eigenvalue weighted by Crippen LogP contribution is 2.13. The molecule has 0 spiro atoms. The summed E-state index contributed by atoms with van der Waals surface area (Å²) in [5.74, 6) is -0.103. The van der Waals surface area contributed by atoms with E-state index in [1.165, 1.54) is 17.1 Å². The predicted octanol–water partition coefficient (Wildman–Crippen LogP) is 2.32. The number of nitriles is 1. The van der Waals surface area contributed by atoms with Gasteiger partial charge in [-0.3, -0.25) is 19.6 Å². The molecule has 0 aliphatic rings. The molecule has 1 amide bonds. The molecule has 0 saturated heterocycles. The third-order valence-electron chi connectivity index (χ3n) is 3.54. The van der Waals surface area contributed by atoms with E-state index < -0.39 is 4.92 Å². The number of aryl methyl sites for hydroxylation is 1. The fraction of sp³-hybridized carbons (Fsp3) is 0.312. The van der Waals surface area contributed by atoms with Gasteiger partial charge in [0.25, 0.3) is 0 Å². The van der Waals surface area contributed by atoms with Gasteiger partial charge in [0, 0.05) is 13.0 Å². The number of benzene rings is 1. The van der Waals surface area contributed by atoms with Gasteiger partial charge in [-0.2, -0.15) is 10.4 Å². The van der Waals surface area contributed by atoms with Crippen molar-refractivity contribution in [1.82, 2.24) is 15.1 Å². The lowest BCUT2D eigenvalue weighted by Gasteiger charge is -2.14. The summed E-state index contributed by atoms with van der Waals surface area (Å²) in [6.07, 6.45) is 3.36. The van der Waals surface area contributed by atoms with Gasteiger partial charge in [-0.15, -0.1) is 0 Å². The van der Waals surface area contributed by atoms with E-state index in [0.29, 0.717) is 24.9 Å². The summed E-state index contributed by atoms with van der Waals surface area (Å²) >= 11 is 0. The Morgan fingerprint density at radius 3 is 2.75 bits per heavy atom. The number of rotatable bonds is 7. The summed E-state index contributed by atoms with van der Waals surface area (Å²) in [5.41, 5.74) is 1.43. The third kappa shape index (κ3) is 4.64. The largest absolute Gasteiger partial charge is 0.350 e. The molecule has 0 aliphatic heterocycles. The van der Waals surface area contributed by atoms with Crippen LogP contribution in [0.1, 0.15) is 36.9 Å². The molecule has 0 saturated carbocycles. The molecule has 2 aromatic rings. The topological polar surface area (TPSA) is 114 Å². The Bertz CT molecular complexity index is 761. The van der Waals surface area contributed by atoms with Crippen LogP contribution in [-0.4, -0.2) is 20.6 Å². The Morgan fingerprint density at radius 2 is 2.17 bits per heavy atom. The van der Waals surface area contributed by atoms with Gasteiger partial charge in [0.05, 0.1) is 22.6 Å². The van der Waals surface area contributed by atoms with Crippen LogP contribution in [0.2, 0.25) is 0 Å². The van der Waals surface area contributed by atoms with Gasteiger partial charge in [0.1, 0.15) is 12.4 Å². The van der Waals surface area contributed by atoms with Crippen molar-refractivity contribution in [3.8, 4) is 6.07 Å². The summed E-state index contributed by atoms with van der Waals surface area (Å²) in [6, 6.07) is 8.94. The maximum atomic E-state index is 12.0. The standard InChI is InChI=1S/C16H17N5O3/c1-12(14-6-4-13(9-17)5-7-14)19-16(22)3-2-8-20-11-15(10-18-20)21(23)24/h4-7,10-12H,2-3,8H2,1H3,(H,19,22). The van der Waals surface area contributed by atoms with Crippen LogP contribution in [0.4, 0.5) is 5.69 Å². The van der Waals surface area contributed by atoms with E-state index in [0.717, 1.165) is 5.56 Å². The van der Waals surface area contributed by atoms with E-state index in [-0.39, 0.29) is 17.6 Å². The SMILES string of the molecule is CC(NC(=O)CCCn1cc([N+](=O)[O-])cn1)c1ccc(C#N)cc1. The molecule has 24 heavy (non-hydrogen) atoms. The smallest absolute Gasteiger partial charge is 0.306 e. The van der Waals surface area contributed by atoms with Crippen molar-refractivity contribution in [2.75, 3.05) is 0 Å². The molecule has 2 rings (SSSR count). The van der Waals surface area contributed by atoms with Gasteiger partial charge in [-0.25, -0.2) is 0 Å². The number of hydrogen-bond acceptors (Lipinski definition) is 5. The third-order valence-corrected chi connectivity index (χ3v) is 3.54. The monoisotopic (exact) mass is 327 g/mol. The molecule has 0 bridgehead atoms. The summed E-state index contributed by atoms with van der Waals surface area (Å²) in [7, 11) is 0. The van der Waals surface area contributed by atoms with E-state index in [4.69, 9.17) is 5.26 Å². The van der Waals surface area contributed by atoms with Gasteiger partial charge < -0.3 is 5.32 Å². The van der Waals surface area contributed by atoms with E-state index in [9.17, 15) is 14.9 Å². The van der Waals surface area contributed by atoms with Gasteiger partial charge in [-0.05, 0) is 31.0 Å². The summed E-state index contributed by atoms with van der Waals surface area (Å²) in [4.78, 5) is 22.0. The minimum atomic E-state index is -0.504. The summed E-state index contributed by atoms with van der Waals surface area (Å²) < 4.78 is 1.45. The van der Waals surface area contributed by atoms with Crippen molar-refractivity contribution in [3.63, 3.8) is 0 Å². The normalized spacial score (nSPS) is 11.5. The Labute approximate surface area is 138 Å². The van der Waals surface area contributed by atoms with Crippen molar-refractivity contribution >= 4 is 11.6 Å². The zero-order valence-corrected chi connectivity index (χ0v) is 13.2. The molecule has 1 unspecified atom stereocenters. The molecule has 1 aromatic heterocycles. The number of hydrogen-bond donors (Lipinski definition) is 1. The van der Waals surface area contributed by atoms with E-state index in [1.807, 2.05) is 25.1 Å². The van der Waals surface area contributed by atoms with Crippen molar-refractivity contribution in [2.24, 2.45) is 0 Å². The van der Waals surface area contributed by atoms with E-state index in [1.54, 1.807) is 12.1 Å². The van der Waals surface area contributed by atoms with Crippen molar-refractivity contribution in [1.29, 1.82) is 5.26 Å². The summed E-state index contributed by atoms with van der Waals surface area (Å²) in [6.45, 7) is 2.31. The predicted molar refractivity (Wildman–Crippen MR) is 85.8 cm³/mol. The first-order valence-electron chi connectivity index (χ1n) is 7.46. The molecular weight excluding hydrogens is 310 g/mol. The molecule has 0 fully saturated rings. The highest BCUT2D eigenvalue weighted by molar-refractivity contribution is 5.76. The van der Waals surface area contributed by atoms with Crippen LogP contribution < -0.4 is 5.32 Å². The number of aromatic nitrogens is 2.